The van der Waals surface area contributed by atoms with Gasteiger partial charge < -0.3 is 0 Å². The van der Waals surface area contributed by atoms with Crippen LogP contribution in [-0.2, 0) is 6.42 Å². The van der Waals surface area contributed by atoms with Crippen molar-refractivity contribution in [3.05, 3.63) is 197 Å². The maximum Gasteiger partial charge on any atom is 0.168 e. The number of allylic oxidation sites excluding steroid dienone is 8. The van der Waals surface area contributed by atoms with Crippen LogP contribution < -0.4 is 9.59 Å². The number of pyridine rings is 1. The molecule has 0 amide bonds. The summed E-state index contributed by atoms with van der Waals surface area (Å²) >= 11 is 0. The number of hydrogen-bond donors (Lipinski definition) is 0. The Balaban J connectivity index is 1.01. The molecule has 0 bridgehead atoms. The van der Waals surface area contributed by atoms with Crippen molar-refractivity contribution in [1.29, 1.82) is 0 Å². The van der Waals surface area contributed by atoms with E-state index in [1.165, 1.54) is 94.8 Å². The van der Waals surface area contributed by atoms with Crippen LogP contribution in [0, 0.1) is 49.4 Å². The Hall–Kier alpha value is -5.28. The highest BCUT2D eigenvalue weighted by Crippen LogP contribution is 2.41. The van der Waals surface area contributed by atoms with E-state index in [1.54, 1.807) is 0 Å². The third-order valence-electron chi connectivity index (χ3n) is 11.7. The summed E-state index contributed by atoms with van der Waals surface area (Å²) in [6.45, 7) is 17.5. The second kappa shape index (κ2) is 16.6. The molecule has 53 heavy (non-hydrogen) atoms. The van der Waals surface area contributed by atoms with Crippen LogP contribution in [0.5, 0.6) is 0 Å². The first-order valence-electron chi connectivity index (χ1n) is 19.5. The number of aromatic nitrogens is 1. The van der Waals surface area contributed by atoms with E-state index in [1.807, 2.05) is 0 Å². The molecule has 0 saturated heterocycles. The molecule has 3 aromatic rings. The van der Waals surface area contributed by atoms with Crippen LogP contribution in [0.1, 0.15) is 80.5 Å². The number of aryl methyl sites for hydroxylation is 2. The minimum atomic E-state index is 0.729. The SMILES string of the molecule is C=[N+]1C=C(CC[C@H]2CC(CCc3cc/c(=C4\C=CC=C[C-]4C)[n+](=C)c3)C[C@@H](CCC3=C[N+](=C)[C-](c4ccccc4C)C=C3)C2)C=C[C-]1c1ccccc1. The number of benzene rings is 2. The lowest BCUT2D eigenvalue weighted by molar-refractivity contribution is -0.514. The van der Waals surface area contributed by atoms with Gasteiger partial charge in [0.05, 0.1) is 13.4 Å². The first-order chi connectivity index (χ1) is 25.8. The lowest BCUT2D eigenvalue weighted by Crippen LogP contribution is -2.38. The molecule has 3 atom stereocenters. The first-order valence-corrected chi connectivity index (χ1v) is 19.5. The molecule has 7 rings (SSSR count). The molecular weight excluding hydrogens is 643 g/mol. The van der Waals surface area contributed by atoms with Gasteiger partial charge in [-0.15, -0.1) is 48.4 Å². The Labute approximate surface area is 318 Å². The Morgan fingerprint density at radius 3 is 1.85 bits per heavy atom. The van der Waals surface area contributed by atoms with E-state index < -0.39 is 0 Å². The molecule has 270 valence electrons. The quantitative estimate of drug-likeness (QED) is 0.140. The summed E-state index contributed by atoms with van der Waals surface area (Å²) in [5, 5.41) is 1.17. The van der Waals surface area contributed by atoms with Gasteiger partial charge in [-0.25, -0.2) is 4.24 Å². The predicted octanol–water partition coefficient (Wildman–Crippen LogP) is 9.81. The maximum atomic E-state index is 4.39. The molecule has 3 heterocycles. The summed E-state index contributed by atoms with van der Waals surface area (Å²) < 4.78 is 6.19. The second-order valence-electron chi connectivity index (χ2n) is 15.6. The van der Waals surface area contributed by atoms with E-state index in [-0.39, 0.29) is 0 Å². The van der Waals surface area contributed by atoms with Crippen molar-refractivity contribution < 1.29 is 13.4 Å². The largest absolute Gasteiger partial charge is 0.255 e. The van der Waals surface area contributed by atoms with Gasteiger partial charge in [-0.2, -0.15) is 0 Å². The van der Waals surface area contributed by atoms with Crippen LogP contribution in [0.15, 0.2) is 145 Å². The monoisotopic (exact) mass is 697 g/mol. The molecular formula is C50H55N3. The van der Waals surface area contributed by atoms with Crippen molar-refractivity contribution in [1.82, 2.24) is 0 Å². The van der Waals surface area contributed by atoms with Crippen LogP contribution in [0.4, 0.5) is 0 Å². The van der Waals surface area contributed by atoms with Gasteiger partial charge in [-0.1, -0.05) is 79.6 Å². The Morgan fingerprint density at radius 1 is 0.642 bits per heavy atom. The molecule has 3 heteroatoms. The van der Waals surface area contributed by atoms with Crippen molar-refractivity contribution >= 4 is 19.0 Å². The average molecular weight is 698 g/mol. The second-order valence-corrected chi connectivity index (χ2v) is 15.6. The molecule has 4 aliphatic rings. The highest BCUT2D eigenvalue weighted by molar-refractivity contribution is 5.72. The standard InChI is InChI=1S/C50H55N3/c1-37-13-9-11-17-46(37)49-29-26-40(35-52(49)4)20-23-43-31-42(22-19-39-25-28-48(51(3)34-39)45-15-7-6-8-16-45)32-44(33-43)24-21-41-27-30-50(53(5)36-41)47-18-12-10-14-38(47)2/h6-18,25-30,34-36,42-44H,3-5,19-24,31-33H2,1-2H3/b49-46-/t42-,43?,44-/m0/s1. The van der Waals surface area contributed by atoms with E-state index >= 15 is 0 Å². The van der Waals surface area contributed by atoms with Gasteiger partial charge in [0.1, 0.15) is 36.6 Å². The van der Waals surface area contributed by atoms with Crippen molar-refractivity contribution in [3.63, 3.8) is 0 Å². The van der Waals surface area contributed by atoms with E-state index in [0.29, 0.717) is 0 Å². The fraction of sp³-hybridized carbons (Fsp3) is 0.280. The zero-order valence-corrected chi connectivity index (χ0v) is 31.8. The van der Waals surface area contributed by atoms with Gasteiger partial charge in [0, 0.05) is 5.56 Å². The average Bonchev–Trinajstić information content (AvgIpc) is 3.17. The zero-order chi connectivity index (χ0) is 36.7. The first kappa shape index (κ1) is 36.1. The Morgan fingerprint density at radius 2 is 1.25 bits per heavy atom. The van der Waals surface area contributed by atoms with E-state index in [0.717, 1.165) is 43.1 Å². The van der Waals surface area contributed by atoms with Crippen LogP contribution in [0.25, 0.3) is 5.57 Å². The van der Waals surface area contributed by atoms with Gasteiger partial charge in [0.15, 0.2) is 6.20 Å². The van der Waals surface area contributed by atoms with Crippen molar-refractivity contribution in [2.75, 3.05) is 0 Å². The summed E-state index contributed by atoms with van der Waals surface area (Å²) in [4.78, 5) is 0. The maximum absolute atomic E-state index is 4.39. The molecule has 0 N–H and O–H groups in total. The van der Waals surface area contributed by atoms with E-state index in [2.05, 4.69) is 181 Å². The zero-order valence-electron chi connectivity index (χ0n) is 31.8. The van der Waals surface area contributed by atoms with Crippen LogP contribution in [0.2, 0.25) is 0 Å². The van der Waals surface area contributed by atoms with Crippen LogP contribution >= 0.6 is 0 Å². The van der Waals surface area contributed by atoms with Crippen molar-refractivity contribution in [2.24, 2.45) is 17.8 Å². The van der Waals surface area contributed by atoms with Crippen LogP contribution in [-0.4, -0.2) is 22.6 Å². The van der Waals surface area contributed by atoms with Crippen molar-refractivity contribution in [3.8, 4) is 0 Å². The lowest BCUT2D eigenvalue weighted by Gasteiger charge is -2.36. The predicted molar refractivity (Wildman–Crippen MR) is 220 cm³/mol. The van der Waals surface area contributed by atoms with Gasteiger partial charge in [0.2, 0.25) is 0 Å². The number of nitrogens with zero attached hydrogens (tertiary/aromatic N) is 3. The lowest BCUT2D eigenvalue weighted by atomic mass is 9.70. The third-order valence-corrected chi connectivity index (χ3v) is 11.7. The minimum absolute atomic E-state index is 0.729. The van der Waals surface area contributed by atoms with Crippen molar-refractivity contribution in [2.45, 2.75) is 71.6 Å². The summed E-state index contributed by atoms with van der Waals surface area (Å²) in [7, 11) is 0. The summed E-state index contributed by atoms with van der Waals surface area (Å²) in [5.74, 6) is 3.47. The fourth-order valence-electron chi connectivity index (χ4n) is 8.83. The van der Waals surface area contributed by atoms with Crippen LogP contribution in [0.3, 0.4) is 0 Å². The molecule has 1 unspecified atom stereocenters. The molecule has 1 fully saturated rings. The topological polar surface area (TPSA) is 11.9 Å². The number of hydrogen-bond acceptors (Lipinski definition) is 0. The highest BCUT2D eigenvalue weighted by Gasteiger charge is 2.29. The van der Waals surface area contributed by atoms with E-state index in [4.69, 9.17) is 0 Å². The minimum Gasteiger partial charge on any atom is -0.255 e. The van der Waals surface area contributed by atoms with Gasteiger partial charge in [0.25, 0.3) is 0 Å². The molecule has 0 radical (unpaired) electrons. The molecule has 2 aliphatic heterocycles. The van der Waals surface area contributed by atoms with Gasteiger partial charge >= 0.3 is 0 Å². The molecule has 3 nitrogen and oxygen atoms in total. The fourth-order valence-corrected chi connectivity index (χ4v) is 8.83. The van der Waals surface area contributed by atoms with Gasteiger partial charge in [-0.05, 0) is 116 Å². The summed E-state index contributed by atoms with van der Waals surface area (Å²) in [6, 6.07) is 26.0. The summed E-state index contributed by atoms with van der Waals surface area (Å²) in [6.07, 6.45) is 35.4. The van der Waals surface area contributed by atoms with E-state index in [9.17, 15) is 0 Å². The molecule has 2 aromatic carbocycles. The molecule has 2 aliphatic carbocycles. The van der Waals surface area contributed by atoms with Gasteiger partial charge in [-0.3, -0.25) is 9.15 Å². The Kier molecular flexibility index (Phi) is 11.3. The molecule has 1 saturated carbocycles. The molecule has 1 aromatic heterocycles. The Bertz CT molecular complexity index is 2120. The summed E-state index contributed by atoms with van der Waals surface area (Å²) in [5.41, 5.74) is 9.12. The third kappa shape index (κ3) is 8.86. The number of rotatable bonds is 11. The smallest absolute Gasteiger partial charge is 0.168 e. The highest BCUT2D eigenvalue weighted by atomic mass is 15.0. The molecule has 0 spiro atoms. The normalized spacial score (nSPS) is 22.4.